The van der Waals surface area contributed by atoms with Gasteiger partial charge in [-0.1, -0.05) is 91.2 Å². The Morgan fingerprint density at radius 1 is 1.06 bits per heavy atom. The fraction of sp³-hybridized carbons (Fsp3) is 0.111. The summed E-state index contributed by atoms with van der Waals surface area (Å²) in [5, 5.41) is 10.7. The molecular weight excluding hydrogens is 612 g/mol. The van der Waals surface area contributed by atoms with Crippen molar-refractivity contribution in [1.82, 2.24) is 4.57 Å². The number of phenols is 1. The summed E-state index contributed by atoms with van der Waals surface area (Å²) < 4.78 is 3.99. The molecule has 0 amide bonds. The minimum absolute atomic E-state index is 0.0571. The average molecular weight is 629 g/mol. The molecule has 0 fully saturated rings. The zero-order valence-corrected chi connectivity index (χ0v) is 22.9. The van der Waals surface area contributed by atoms with Gasteiger partial charge in [-0.15, -0.1) is 0 Å². The molecule has 1 aliphatic heterocycles. The molecule has 0 bridgehead atoms. The number of halogens is 3. The topological polar surface area (TPSA) is 54.6 Å². The Morgan fingerprint density at radius 3 is 2.63 bits per heavy atom. The molecule has 35 heavy (non-hydrogen) atoms. The molecular formula is C27H17Br2ClN2O2S. The maximum Gasteiger partial charge on any atom is 0.271 e. The number of aromatic nitrogens is 1. The van der Waals surface area contributed by atoms with Gasteiger partial charge in [0.05, 0.1) is 21.3 Å². The lowest BCUT2D eigenvalue weighted by molar-refractivity contribution is 0.474. The molecule has 1 aromatic heterocycles. The molecule has 2 heterocycles. The molecule has 0 radical (unpaired) electrons. The Hall–Kier alpha value is -2.45. The van der Waals surface area contributed by atoms with E-state index in [4.69, 9.17) is 16.6 Å². The van der Waals surface area contributed by atoms with Crippen LogP contribution >= 0.6 is 54.8 Å². The number of thiazole rings is 1. The number of nitrogens with zero attached hydrogens (tertiary/aromatic N) is 2. The van der Waals surface area contributed by atoms with Crippen LogP contribution in [-0.4, -0.2) is 9.67 Å². The summed E-state index contributed by atoms with van der Waals surface area (Å²) in [7, 11) is 0. The van der Waals surface area contributed by atoms with Crippen molar-refractivity contribution in [3.05, 3.63) is 122 Å². The van der Waals surface area contributed by atoms with Crippen LogP contribution in [0, 0.1) is 0 Å². The van der Waals surface area contributed by atoms with Crippen LogP contribution in [0.25, 0.3) is 11.8 Å². The van der Waals surface area contributed by atoms with Gasteiger partial charge in [-0.05, 0) is 59.9 Å². The molecule has 174 valence electrons. The zero-order valence-electron chi connectivity index (χ0n) is 18.1. The Bertz CT molecular complexity index is 1720. The minimum Gasteiger partial charge on any atom is -0.506 e. The van der Waals surface area contributed by atoms with Gasteiger partial charge in [-0.2, -0.15) is 0 Å². The average Bonchev–Trinajstić information content (AvgIpc) is 3.16. The lowest BCUT2D eigenvalue weighted by Gasteiger charge is -2.30. The molecule has 0 saturated carbocycles. The molecule has 1 unspecified atom stereocenters. The highest BCUT2D eigenvalue weighted by molar-refractivity contribution is 9.10. The van der Waals surface area contributed by atoms with Gasteiger partial charge in [0.1, 0.15) is 5.75 Å². The van der Waals surface area contributed by atoms with Crippen LogP contribution in [0.15, 0.2) is 85.0 Å². The molecule has 2 aliphatic rings. The van der Waals surface area contributed by atoms with Gasteiger partial charge in [0, 0.05) is 20.1 Å². The molecule has 0 spiro atoms. The number of aryl methyl sites for hydroxylation is 1. The van der Waals surface area contributed by atoms with Crippen molar-refractivity contribution >= 4 is 66.6 Å². The number of hydrogen-bond acceptors (Lipinski definition) is 4. The number of phenolic OH excluding ortho intramolecular Hbond substituents is 1. The summed E-state index contributed by atoms with van der Waals surface area (Å²) in [6.45, 7) is 0. The normalized spacial score (nSPS) is 17.0. The first kappa shape index (κ1) is 23.0. The molecule has 0 saturated heterocycles. The van der Waals surface area contributed by atoms with Gasteiger partial charge in [-0.25, -0.2) is 4.99 Å². The molecule has 1 N–H and O–H groups in total. The first-order valence-electron chi connectivity index (χ1n) is 11.0. The van der Waals surface area contributed by atoms with E-state index in [1.807, 2.05) is 18.2 Å². The van der Waals surface area contributed by atoms with Crippen molar-refractivity contribution in [2.45, 2.75) is 18.9 Å². The molecule has 1 atom stereocenters. The van der Waals surface area contributed by atoms with E-state index in [-0.39, 0.29) is 22.4 Å². The van der Waals surface area contributed by atoms with Crippen LogP contribution in [0.2, 0.25) is 5.02 Å². The van der Waals surface area contributed by atoms with Crippen LogP contribution in [0.4, 0.5) is 0 Å². The Kier molecular flexibility index (Phi) is 5.84. The van der Waals surface area contributed by atoms with E-state index in [1.165, 1.54) is 16.9 Å². The number of hydrogen-bond donors (Lipinski definition) is 1. The second-order valence-corrected chi connectivity index (χ2v) is 11.7. The van der Waals surface area contributed by atoms with E-state index >= 15 is 0 Å². The summed E-state index contributed by atoms with van der Waals surface area (Å²) in [6, 6.07) is 19.6. The number of rotatable bonds is 2. The second kappa shape index (κ2) is 8.89. The van der Waals surface area contributed by atoms with Crippen LogP contribution in [-0.2, 0) is 6.42 Å². The maximum absolute atomic E-state index is 13.8. The highest BCUT2D eigenvalue weighted by atomic mass is 79.9. The first-order chi connectivity index (χ1) is 16.9. The van der Waals surface area contributed by atoms with Gasteiger partial charge in [-0.3, -0.25) is 9.36 Å². The van der Waals surface area contributed by atoms with Crippen molar-refractivity contribution < 1.29 is 5.11 Å². The molecule has 6 rings (SSSR count). The Balaban J connectivity index is 1.64. The van der Waals surface area contributed by atoms with Gasteiger partial charge in [0.15, 0.2) is 4.80 Å². The van der Waals surface area contributed by atoms with Crippen LogP contribution in [0.3, 0.4) is 0 Å². The van der Waals surface area contributed by atoms with E-state index in [9.17, 15) is 9.90 Å². The summed E-state index contributed by atoms with van der Waals surface area (Å²) in [4.78, 5) is 19.5. The molecule has 1 aliphatic carbocycles. The van der Waals surface area contributed by atoms with Gasteiger partial charge in [0.25, 0.3) is 5.56 Å². The lowest BCUT2D eigenvalue weighted by atomic mass is 9.83. The quantitative estimate of drug-likeness (QED) is 0.288. The number of benzene rings is 3. The third kappa shape index (κ3) is 3.95. The Labute approximate surface area is 226 Å². The zero-order chi connectivity index (χ0) is 24.3. The van der Waals surface area contributed by atoms with Crippen LogP contribution in [0.5, 0.6) is 5.75 Å². The standard InChI is InChI=1S/C27H17Br2ClN2O2S/c28-17-8-5-15(6-9-17)24-20-10-7-14-3-1-2-4-19(14)23(20)31-27-32(24)26(34)22(35-27)12-16-11-18(29)13-21(30)25(16)33/h1-6,8-9,11-13,24,33H,7,10H2. The third-order valence-corrected chi connectivity index (χ3v) is 8.66. The van der Waals surface area contributed by atoms with Crippen LogP contribution < -0.4 is 14.9 Å². The summed E-state index contributed by atoms with van der Waals surface area (Å²) in [6.07, 6.45) is 3.43. The number of allylic oxidation sites excluding steroid dienone is 1. The highest BCUT2D eigenvalue weighted by Gasteiger charge is 2.32. The van der Waals surface area contributed by atoms with Crippen molar-refractivity contribution in [3.8, 4) is 5.75 Å². The smallest absolute Gasteiger partial charge is 0.271 e. The van der Waals surface area contributed by atoms with E-state index in [1.54, 1.807) is 22.8 Å². The van der Waals surface area contributed by atoms with Gasteiger partial charge >= 0.3 is 0 Å². The molecule has 8 heteroatoms. The van der Waals surface area contributed by atoms with Crippen molar-refractivity contribution in [1.29, 1.82) is 0 Å². The fourth-order valence-electron chi connectivity index (χ4n) is 4.80. The SMILES string of the molecule is O=c1c(=Cc2cc(Br)cc(Cl)c2O)sc2n1C(c1ccc(Br)cc1)C1=C(N=2)c2ccccc2CC1. The fourth-order valence-corrected chi connectivity index (χ4v) is 6.89. The largest absolute Gasteiger partial charge is 0.506 e. The third-order valence-electron chi connectivity index (χ3n) is 6.40. The molecule has 4 aromatic rings. The summed E-state index contributed by atoms with van der Waals surface area (Å²) in [5.41, 5.74) is 5.89. The van der Waals surface area contributed by atoms with Crippen molar-refractivity contribution in [3.63, 3.8) is 0 Å². The predicted octanol–water partition coefficient (Wildman–Crippen LogP) is 6.20. The van der Waals surface area contributed by atoms with E-state index in [0.29, 0.717) is 14.9 Å². The van der Waals surface area contributed by atoms with E-state index in [0.717, 1.165) is 44.2 Å². The van der Waals surface area contributed by atoms with E-state index < -0.39 is 0 Å². The highest BCUT2D eigenvalue weighted by Crippen LogP contribution is 2.41. The summed E-state index contributed by atoms with van der Waals surface area (Å²) >= 11 is 14.4. The minimum atomic E-state index is -0.246. The molecule has 3 aromatic carbocycles. The second-order valence-electron chi connectivity index (χ2n) is 8.49. The maximum atomic E-state index is 13.8. The predicted molar refractivity (Wildman–Crippen MR) is 148 cm³/mol. The lowest BCUT2D eigenvalue weighted by Crippen LogP contribution is -2.38. The number of aromatic hydroxyl groups is 1. The summed E-state index contributed by atoms with van der Waals surface area (Å²) in [5.74, 6) is -0.0571. The van der Waals surface area contributed by atoms with Crippen molar-refractivity contribution in [2.75, 3.05) is 0 Å². The molecule has 4 nitrogen and oxygen atoms in total. The van der Waals surface area contributed by atoms with Crippen molar-refractivity contribution in [2.24, 2.45) is 4.99 Å². The van der Waals surface area contributed by atoms with Crippen LogP contribution in [0.1, 0.15) is 34.7 Å². The van der Waals surface area contributed by atoms with Gasteiger partial charge < -0.3 is 5.11 Å². The van der Waals surface area contributed by atoms with Gasteiger partial charge in [0.2, 0.25) is 0 Å². The van der Waals surface area contributed by atoms with E-state index in [2.05, 4.69) is 62.2 Å². The number of fused-ring (bicyclic) bond motifs is 3. The Morgan fingerprint density at radius 2 is 1.83 bits per heavy atom. The first-order valence-corrected chi connectivity index (χ1v) is 13.8. The monoisotopic (exact) mass is 626 g/mol.